The molecule has 1 aromatic rings. The first-order chi connectivity index (χ1) is 8.54. The minimum absolute atomic E-state index is 0.0257. The minimum Gasteiger partial charge on any atom is -0.369 e. The molecule has 0 aromatic carbocycles. The van der Waals surface area contributed by atoms with Crippen molar-refractivity contribution in [1.82, 2.24) is 14.7 Å². The summed E-state index contributed by atoms with van der Waals surface area (Å²) in [7, 11) is -1.84. The predicted octanol–water partition coefficient (Wildman–Crippen LogP) is -0.714. The third kappa shape index (κ3) is 3.79. The molecule has 0 spiro atoms. The van der Waals surface area contributed by atoms with E-state index in [0.29, 0.717) is 18.1 Å². The van der Waals surface area contributed by atoms with Gasteiger partial charge in [0.05, 0.1) is 5.75 Å². The summed E-state index contributed by atoms with van der Waals surface area (Å²) in [4.78, 5) is 8.05. The number of anilines is 2. The Morgan fingerprint density at radius 1 is 1.33 bits per heavy atom. The Bertz CT molecular complexity index is 490. The number of rotatable bonds is 7. The molecule has 1 aromatic heterocycles. The molecule has 1 heterocycles. The Hall–Kier alpha value is -1.45. The standard InChI is InChI=1S/C9H18N6O2S/c1-3-7-8(13-6-14-9(7)15-10)12-4-5-18(16,17)11-2/h6,11H,3-5,10H2,1-2H3,(H2,12,13,14,15). The van der Waals surface area contributed by atoms with Crippen LogP contribution in [0.3, 0.4) is 0 Å². The Labute approximate surface area is 106 Å². The second kappa shape index (κ2) is 6.47. The van der Waals surface area contributed by atoms with Gasteiger partial charge in [-0.3, -0.25) is 0 Å². The lowest BCUT2D eigenvalue weighted by Gasteiger charge is -2.12. The van der Waals surface area contributed by atoms with E-state index in [2.05, 4.69) is 25.4 Å². The van der Waals surface area contributed by atoms with Crippen molar-refractivity contribution in [3.8, 4) is 0 Å². The molecule has 0 saturated carbocycles. The van der Waals surface area contributed by atoms with Crippen LogP contribution >= 0.6 is 0 Å². The number of nitrogens with one attached hydrogen (secondary N) is 3. The van der Waals surface area contributed by atoms with Crippen LogP contribution in [0.2, 0.25) is 0 Å². The topological polar surface area (TPSA) is 122 Å². The van der Waals surface area contributed by atoms with Crippen molar-refractivity contribution in [2.45, 2.75) is 13.3 Å². The lowest BCUT2D eigenvalue weighted by molar-refractivity contribution is 0.588. The summed E-state index contributed by atoms with van der Waals surface area (Å²) in [6.45, 7) is 2.20. The second-order valence-electron chi connectivity index (χ2n) is 3.50. The molecular weight excluding hydrogens is 256 g/mol. The van der Waals surface area contributed by atoms with Crippen molar-refractivity contribution >= 4 is 21.7 Å². The number of nitrogens with zero attached hydrogens (tertiary/aromatic N) is 2. The third-order valence-electron chi connectivity index (χ3n) is 2.41. The molecule has 0 aliphatic heterocycles. The average Bonchev–Trinajstić information content (AvgIpc) is 2.38. The van der Waals surface area contributed by atoms with Crippen LogP contribution in [0, 0.1) is 0 Å². The molecule has 5 N–H and O–H groups in total. The van der Waals surface area contributed by atoms with Crippen LogP contribution in [-0.4, -0.2) is 37.7 Å². The molecule has 0 radical (unpaired) electrons. The zero-order valence-corrected chi connectivity index (χ0v) is 11.2. The number of hydrogen-bond acceptors (Lipinski definition) is 7. The molecule has 0 bridgehead atoms. The molecule has 102 valence electrons. The number of aromatic nitrogens is 2. The highest BCUT2D eigenvalue weighted by atomic mass is 32.2. The first-order valence-electron chi connectivity index (χ1n) is 5.49. The molecule has 0 amide bonds. The van der Waals surface area contributed by atoms with E-state index in [9.17, 15) is 8.42 Å². The summed E-state index contributed by atoms with van der Waals surface area (Å²) in [5, 5.41) is 2.96. The number of hydrogen-bond donors (Lipinski definition) is 4. The van der Waals surface area contributed by atoms with E-state index in [1.807, 2.05) is 6.92 Å². The van der Waals surface area contributed by atoms with E-state index < -0.39 is 10.0 Å². The van der Waals surface area contributed by atoms with Crippen LogP contribution < -0.4 is 21.3 Å². The van der Waals surface area contributed by atoms with E-state index in [1.54, 1.807) is 0 Å². The predicted molar refractivity (Wildman–Crippen MR) is 70.6 cm³/mol. The highest BCUT2D eigenvalue weighted by Gasteiger charge is 2.10. The van der Waals surface area contributed by atoms with Gasteiger partial charge in [0.2, 0.25) is 10.0 Å². The zero-order valence-electron chi connectivity index (χ0n) is 10.4. The largest absolute Gasteiger partial charge is 0.369 e. The highest BCUT2D eigenvalue weighted by molar-refractivity contribution is 7.89. The van der Waals surface area contributed by atoms with Crippen LogP contribution in [0.25, 0.3) is 0 Å². The summed E-state index contributed by atoms with van der Waals surface area (Å²) in [6, 6.07) is 0. The zero-order chi connectivity index (χ0) is 13.6. The van der Waals surface area contributed by atoms with Crippen molar-refractivity contribution in [2.75, 3.05) is 30.1 Å². The first kappa shape index (κ1) is 14.6. The summed E-state index contributed by atoms with van der Waals surface area (Å²) in [5.74, 6) is 6.44. The maximum atomic E-state index is 11.3. The van der Waals surface area contributed by atoms with Gasteiger partial charge in [0.1, 0.15) is 18.0 Å². The van der Waals surface area contributed by atoms with Gasteiger partial charge in [-0.05, 0) is 13.5 Å². The summed E-state index contributed by atoms with van der Waals surface area (Å²) in [6.07, 6.45) is 2.05. The van der Waals surface area contributed by atoms with Gasteiger partial charge in [-0.1, -0.05) is 6.92 Å². The van der Waals surface area contributed by atoms with Gasteiger partial charge < -0.3 is 10.7 Å². The van der Waals surface area contributed by atoms with Gasteiger partial charge in [0.25, 0.3) is 0 Å². The van der Waals surface area contributed by atoms with Gasteiger partial charge in [0.15, 0.2) is 0 Å². The summed E-state index contributed by atoms with van der Waals surface area (Å²) in [5.41, 5.74) is 3.30. The molecular formula is C9H18N6O2S. The molecule has 0 saturated heterocycles. The van der Waals surface area contributed by atoms with Gasteiger partial charge in [0, 0.05) is 12.1 Å². The van der Waals surface area contributed by atoms with E-state index in [1.165, 1.54) is 13.4 Å². The first-order valence-corrected chi connectivity index (χ1v) is 7.14. The molecule has 18 heavy (non-hydrogen) atoms. The third-order valence-corrected chi connectivity index (χ3v) is 3.77. The van der Waals surface area contributed by atoms with Crippen molar-refractivity contribution in [3.63, 3.8) is 0 Å². The molecule has 0 aliphatic carbocycles. The molecule has 0 fully saturated rings. The lowest BCUT2D eigenvalue weighted by atomic mass is 10.2. The van der Waals surface area contributed by atoms with Crippen LogP contribution in [0.4, 0.5) is 11.6 Å². The fourth-order valence-corrected chi connectivity index (χ4v) is 2.00. The van der Waals surface area contributed by atoms with E-state index in [0.717, 1.165) is 5.56 Å². The van der Waals surface area contributed by atoms with E-state index in [-0.39, 0.29) is 12.3 Å². The van der Waals surface area contributed by atoms with Gasteiger partial charge in [-0.2, -0.15) is 0 Å². The Balaban J connectivity index is 2.73. The van der Waals surface area contributed by atoms with Crippen LogP contribution in [0.1, 0.15) is 12.5 Å². The highest BCUT2D eigenvalue weighted by Crippen LogP contribution is 2.18. The Morgan fingerprint density at radius 2 is 2.00 bits per heavy atom. The van der Waals surface area contributed by atoms with Crippen LogP contribution in [0.15, 0.2) is 6.33 Å². The minimum atomic E-state index is -3.22. The average molecular weight is 274 g/mol. The van der Waals surface area contributed by atoms with E-state index in [4.69, 9.17) is 5.84 Å². The lowest BCUT2D eigenvalue weighted by Crippen LogP contribution is -2.26. The Kier molecular flexibility index (Phi) is 5.25. The molecule has 9 heteroatoms. The van der Waals surface area contributed by atoms with Crippen molar-refractivity contribution in [2.24, 2.45) is 5.84 Å². The molecule has 0 atom stereocenters. The summed E-state index contributed by atoms with van der Waals surface area (Å²) >= 11 is 0. The fraction of sp³-hybridized carbons (Fsp3) is 0.556. The van der Waals surface area contributed by atoms with Crippen LogP contribution in [-0.2, 0) is 16.4 Å². The number of sulfonamides is 1. The van der Waals surface area contributed by atoms with Crippen molar-refractivity contribution in [1.29, 1.82) is 0 Å². The van der Waals surface area contributed by atoms with Crippen molar-refractivity contribution < 1.29 is 8.42 Å². The maximum Gasteiger partial charge on any atom is 0.213 e. The SMILES string of the molecule is CCc1c(NN)ncnc1NCCS(=O)(=O)NC. The fourth-order valence-electron chi connectivity index (χ4n) is 1.43. The van der Waals surface area contributed by atoms with E-state index >= 15 is 0 Å². The number of hydrazine groups is 1. The van der Waals surface area contributed by atoms with Crippen LogP contribution in [0.5, 0.6) is 0 Å². The number of nitrogen functional groups attached to an aromatic ring is 1. The quantitative estimate of drug-likeness (QED) is 0.382. The molecule has 1 rings (SSSR count). The van der Waals surface area contributed by atoms with Gasteiger partial charge in [-0.15, -0.1) is 0 Å². The second-order valence-corrected chi connectivity index (χ2v) is 5.54. The molecule has 0 unspecified atom stereocenters. The Morgan fingerprint density at radius 3 is 2.56 bits per heavy atom. The van der Waals surface area contributed by atoms with Gasteiger partial charge >= 0.3 is 0 Å². The normalized spacial score (nSPS) is 11.3. The monoisotopic (exact) mass is 274 g/mol. The molecule has 0 aliphatic rings. The van der Waals surface area contributed by atoms with Crippen molar-refractivity contribution in [3.05, 3.63) is 11.9 Å². The number of nitrogens with two attached hydrogens (primary N) is 1. The molecule has 8 nitrogen and oxygen atoms in total. The summed E-state index contributed by atoms with van der Waals surface area (Å²) < 4.78 is 24.7. The maximum absolute atomic E-state index is 11.3. The van der Waals surface area contributed by atoms with Gasteiger partial charge in [-0.25, -0.2) is 29.0 Å². The smallest absolute Gasteiger partial charge is 0.213 e.